The fraction of sp³-hybridized carbons (Fsp3) is 0.250. The number of nitrogens with zero attached hydrogens (tertiary/aromatic N) is 3. The molecule has 0 spiro atoms. The van der Waals surface area contributed by atoms with E-state index >= 15 is 0 Å². The molecule has 1 amide bonds. The van der Waals surface area contributed by atoms with Crippen molar-refractivity contribution in [2.45, 2.75) is 31.8 Å². The molecule has 4 rings (SSSR count). The Kier molecular flexibility index (Phi) is 5.34. The third kappa shape index (κ3) is 4.81. The van der Waals surface area contributed by atoms with Gasteiger partial charge in [0.2, 0.25) is 17.6 Å². The molecule has 1 fully saturated rings. The van der Waals surface area contributed by atoms with E-state index in [-0.39, 0.29) is 36.2 Å². The van der Waals surface area contributed by atoms with Crippen LogP contribution in [0.5, 0.6) is 5.75 Å². The molecule has 6 nitrogen and oxygen atoms in total. The molecule has 1 atom stereocenters. The Labute approximate surface area is 172 Å². The van der Waals surface area contributed by atoms with E-state index in [4.69, 9.17) is 4.52 Å². The maximum absolute atomic E-state index is 13.5. The molecule has 1 aliphatic heterocycles. The zero-order chi connectivity index (χ0) is 22.2. The molecule has 2 aromatic carbocycles. The quantitative estimate of drug-likeness (QED) is 0.536. The fourth-order valence-electron chi connectivity index (χ4n) is 3.38. The van der Waals surface area contributed by atoms with Gasteiger partial charge in [0, 0.05) is 24.6 Å². The van der Waals surface area contributed by atoms with Crippen LogP contribution in [0.1, 0.15) is 30.3 Å². The number of amides is 1. The van der Waals surface area contributed by atoms with Crippen molar-refractivity contribution in [2.75, 3.05) is 0 Å². The number of alkyl halides is 3. The van der Waals surface area contributed by atoms with Crippen molar-refractivity contribution in [1.29, 1.82) is 0 Å². The average Bonchev–Trinajstić information content (AvgIpc) is 3.28. The van der Waals surface area contributed by atoms with E-state index in [2.05, 4.69) is 14.9 Å². The van der Waals surface area contributed by atoms with Crippen molar-refractivity contribution < 1.29 is 36.0 Å². The topological polar surface area (TPSA) is 68.5 Å². The van der Waals surface area contributed by atoms with Gasteiger partial charge in [0.15, 0.2) is 0 Å². The minimum atomic E-state index is -4.80. The molecule has 1 aromatic heterocycles. The van der Waals surface area contributed by atoms with Crippen LogP contribution < -0.4 is 4.74 Å². The second-order valence-electron chi connectivity index (χ2n) is 6.88. The van der Waals surface area contributed by atoms with Gasteiger partial charge in [-0.05, 0) is 48.4 Å². The van der Waals surface area contributed by atoms with E-state index in [9.17, 15) is 26.7 Å². The highest BCUT2D eigenvalue weighted by molar-refractivity contribution is 5.78. The maximum atomic E-state index is 13.5. The first-order valence-corrected chi connectivity index (χ1v) is 9.12. The number of hydrogen-bond donors (Lipinski definition) is 0. The Morgan fingerprint density at radius 1 is 1.10 bits per heavy atom. The fourth-order valence-corrected chi connectivity index (χ4v) is 3.38. The molecular weight excluding hydrogens is 425 g/mol. The average molecular weight is 439 g/mol. The van der Waals surface area contributed by atoms with Gasteiger partial charge in [-0.3, -0.25) is 4.79 Å². The second-order valence-corrected chi connectivity index (χ2v) is 6.88. The predicted molar refractivity (Wildman–Crippen MR) is 95.3 cm³/mol. The third-order valence-electron chi connectivity index (χ3n) is 4.68. The summed E-state index contributed by atoms with van der Waals surface area (Å²) in [5.41, 5.74) is 0.658. The highest BCUT2D eigenvalue weighted by atomic mass is 19.4. The zero-order valence-electron chi connectivity index (χ0n) is 15.7. The summed E-state index contributed by atoms with van der Waals surface area (Å²) < 4.78 is 72.8. The number of benzene rings is 2. The van der Waals surface area contributed by atoms with Crippen molar-refractivity contribution in [1.82, 2.24) is 15.0 Å². The van der Waals surface area contributed by atoms with E-state index in [1.807, 2.05) is 0 Å². The van der Waals surface area contributed by atoms with Gasteiger partial charge in [-0.25, -0.2) is 8.78 Å². The standard InChI is InChI=1S/C20H14F5N3O3/c21-13-7-11(8-14(22)9-13)10-28-16(5-6-17(28)29)19-26-18(27-31-19)12-1-3-15(4-2-12)30-20(23,24)25/h1-4,7-9,16H,5-6,10H2. The summed E-state index contributed by atoms with van der Waals surface area (Å²) in [4.78, 5) is 17.9. The highest BCUT2D eigenvalue weighted by Crippen LogP contribution is 2.34. The Hall–Kier alpha value is -3.50. The number of carbonyl (C=O) groups is 1. The van der Waals surface area contributed by atoms with Gasteiger partial charge in [0.1, 0.15) is 23.4 Å². The lowest BCUT2D eigenvalue weighted by atomic mass is 10.1. The highest BCUT2D eigenvalue weighted by Gasteiger charge is 2.36. The van der Waals surface area contributed by atoms with E-state index in [0.29, 0.717) is 12.0 Å². The summed E-state index contributed by atoms with van der Waals surface area (Å²) in [7, 11) is 0. The van der Waals surface area contributed by atoms with Crippen molar-refractivity contribution in [3.05, 3.63) is 65.6 Å². The van der Waals surface area contributed by atoms with Gasteiger partial charge in [-0.15, -0.1) is 13.2 Å². The molecule has 0 aliphatic carbocycles. The number of hydrogen-bond acceptors (Lipinski definition) is 5. The van der Waals surface area contributed by atoms with Crippen molar-refractivity contribution >= 4 is 5.91 Å². The minimum absolute atomic E-state index is 0.0423. The van der Waals surface area contributed by atoms with Gasteiger partial charge in [0.25, 0.3) is 0 Å². The predicted octanol–water partition coefficient (Wildman–Crippen LogP) is 4.78. The molecule has 1 unspecified atom stereocenters. The van der Waals surface area contributed by atoms with Crippen LogP contribution in [0.25, 0.3) is 11.4 Å². The van der Waals surface area contributed by atoms with Crippen molar-refractivity contribution in [3.63, 3.8) is 0 Å². The summed E-state index contributed by atoms with van der Waals surface area (Å²) in [6.07, 6.45) is -4.23. The van der Waals surface area contributed by atoms with Crippen LogP contribution in [0.15, 0.2) is 47.0 Å². The molecule has 2 heterocycles. The summed E-state index contributed by atoms with van der Waals surface area (Å²) >= 11 is 0. The maximum Gasteiger partial charge on any atom is 0.573 e. The molecule has 3 aromatic rings. The molecule has 0 radical (unpaired) electrons. The van der Waals surface area contributed by atoms with E-state index in [1.54, 1.807) is 0 Å². The number of ether oxygens (including phenoxy) is 1. The first-order valence-electron chi connectivity index (χ1n) is 9.12. The van der Waals surface area contributed by atoms with Crippen LogP contribution in [0, 0.1) is 11.6 Å². The number of halogens is 5. The molecule has 1 aliphatic rings. The van der Waals surface area contributed by atoms with E-state index in [0.717, 1.165) is 30.3 Å². The lowest BCUT2D eigenvalue weighted by Crippen LogP contribution is -2.27. The van der Waals surface area contributed by atoms with Crippen molar-refractivity contribution in [2.24, 2.45) is 0 Å². The van der Waals surface area contributed by atoms with Gasteiger partial charge in [0.05, 0.1) is 0 Å². The van der Waals surface area contributed by atoms with E-state index in [1.165, 1.54) is 17.0 Å². The number of carbonyl (C=O) groups excluding carboxylic acids is 1. The van der Waals surface area contributed by atoms with Crippen LogP contribution in [-0.4, -0.2) is 27.3 Å². The normalized spacial score (nSPS) is 16.7. The summed E-state index contributed by atoms with van der Waals surface area (Å²) in [5, 5.41) is 3.82. The minimum Gasteiger partial charge on any atom is -0.406 e. The first kappa shape index (κ1) is 20.8. The molecular formula is C20H14F5N3O3. The largest absolute Gasteiger partial charge is 0.573 e. The van der Waals surface area contributed by atoms with Gasteiger partial charge in [-0.2, -0.15) is 4.98 Å². The Balaban J connectivity index is 1.52. The number of likely N-dealkylation sites (tertiary alicyclic amines) is 1. The lowest BCUT2D eigenvalue weighted by Gasteiger charge is -2.22. The van der Waals surface area contributed by atoms with Crippen LogP contribution in [0.4, 0.5) is 22.0 Å². The van der Waals surface area contributed by atoms with Gasteiger partial charge in [-0.1, -0.05) is 5.16 Å². The Morgan fingerprint density at radius 3 is 2.42 bits per heavy atom. The monoisotopic (exact) mass is 439 g/mol. The molecule has 162 valence electrons. The van der Waals surface area contributed by atoms with Gasteiger partial charge < -0.3 is 14.2 Å². The molecule has 31 heavy (non-hydrogen) atoms. The van der Waals surface area contributed by atoms with Crippen LogP contribution in [0.3, 0.4) is 0 Å². The molecule has 1 saturated heterocycles. The number of rotatable bonds is 5. The van der Waals surface area contributed by atoms with Crippen LogP contribution in [0.2, 0.25) is 0 Å². The van der Waals surface area contributed by atoms with Crippen LogP contribution >= 0.6 is 0 Å². The molecule has 0 bridgehead atoms. The molecule has 0 N–H and O–H groups in total. The summed E-state index contributed by atoms with van der Waals surface area (Å²) in [6.45, 7) is -0.0423. The van der Waals surface area contributed by atoms with Gasteiger partial charge >= 0.3 is 6.36 Å². The smallest absolute Gasteiger partial charge is 0.406 e. The van der Waals surface area contributed by atoms with Crippen LogP contribution in [-0.2, 0) is 11.3 Å². The summed E-state index contributed by atoms with van der Waals surface area (Å²) in [5.74, 6) is -1.90. The summed E-state index contributed by atoms with van der Waals surface area (Å²) in [6, 6.07) is 7.32. The number of aromatic nitrogens is 2. The molecule has 0 saturated carbocycles. The SMILES string of the molecule is O=C1CCC(c2nc(-c3ccc(OC(F)(F)F)cc3)no2)N1Cc1cc(F)cc(F)c1. The first-order chi connectivity index (χ1) is 14.7. The lowest BCUT2D eigenvalue weighted by molar-refractivity contribution is -0.274. The Morgan fingerprint density at radius 2 is 1.77 bits per heavy atom. The van der Waals surface area contributed by atoms with Crippen molar-refractivity contribution in [3.8, 4) is 17.1 Å². The second kappa shape index (κ2) is 7.97. The third-order valence-corrected chi connectivity index (χ3v) is 4.68. The molecule has 11 heteroatoms. The zero-order valence-corrected chi connectivity index (χ0v) is 15.7. The Bertz CT molecular complexity index is 1080. The van der Waals surface area contributed by atoms with E-state index < -0.39 is 29.8 Å².